The van der Waals surface area contributed by atoms with Gasteiger partial charge in [-0.3, -0.25) is 10.1 Å². The Labute approximate surface area is 122 Å². The number of nitro benzene ring substituents is 1. The zero-order chi connectivity index (χ0) is 14.8. The highest BCUT2D eigenvalue weighted by molar-refractivity contribution is 5.53. The van der Waals surface area contributed by atoms with Crippen LogP contribution in [-0.4, -0.2) is 12.0 Å². The third kappa shape index (κ3) is 2.54. The summed E-state index contributed by atoms with van der Waals surface area (Å²) in [4.78, 5) is 10.3. The predicted octanol–water partition coefficient (Wildman–Crippen LogP) is 3.70. The van der Waals surface area contributed by atoms with Crippen molar-refractivity contribution in [3.05, 3.63) is 63.7 Å². The number of hydrogen-bond acceptors (Lipinski definition) is 4. The van der Waals surface area contributed by atoms with Gasteiger partial charge in [0.1, 0.15) is 5.75 Å². The number of methoxy groups -OCH3 is 1. The molecule has 1 aliphatic carbocycles. The molecule has 0 saturated heterocycles. The third-order valence-electron chi connectivity index (χ3n) is 3.87. The molecule has 2 aromatic rings. The molecule has 1 atom stereocenters. The zero-order valence-corrected chi connectivity index (χ0v) is 11.7. The maximum Gasteiger partial charge on any atom is 0.269 e. The number of rotatable bonds is 4. The Bertz CT molecular complexity index is 668. The van der Waals surface area contributed by atoms with Gasteiger partial charge in [0.2, 0.25) is 0 Å². The molecule has 1 aliphatic rings. The van der Waals surface area contributed by atoms with E-state index >= 15 is 0 Å². The van der Waals surface area contributed by atoms with Gasteiger partial charge in [0.15, 0.2) is 0 Å². The average Bonchev–Trinajstić information content (AvgIpc) is 2.91. The van der Waals surface area contributed by atoms with E-state index in [2.05, 4.69) is 11.4 Å². The molecule has 0 heterocycles. The summed E-state index contributed by atoms with van der Waals surface area (Å²) in [6, 6.07) is 12.8. The Kier molecular flexibility index (Phi) is 3.48. The maximum absolute atomic E-state index is 10.7. The van der Waals surface area contributed by atoms with Gasteiger partial charge in [-0.05, 0) is 42.2 Å². The number of hydrogen-bond donors (Lipinski definition) is 1. The minimum absolute atomic E-state index is 0.106. The molecule has 2 aromatic carbocycles. The number of nitrogens with zero attached hydrogens (tertiary/aromatic N) is 1. The first kappa shape index (κ1) is 13.4. The van der Waals surface area contributed by atoms with Crippen LogP contribution >= 0.6 is 0 Å². The van der Waals surface area contributed by atoms with E-state index in [1.807, 2.05) is 12.1 Å². The van der Waals surface area contributed by atoms with Crippen molar-refractivity contribution in [2.75, 3.05) is 12.4 Å². The van der Waals surface area contributed by atoms with Crippen LogP contribution in [0.5, 0.6) is 5.75 Å². The molecule has 0 radical (unpaired) electrons. The lowest BCUT2D eigenvalue weighted by molar-refractivity contribution is -0.384. The number of fused-ring (bicyclic) bond motifs is 1. The first-order valence-corrected chi connectivity index (χ1v) is 6.86. The summed E-state index contributed by atoms with van der Waals surface area (Å²) in [5, 5.41) is 14.1. The molecule has 0 bridgehead atoms. The number of benzene rings is 2. The summed E-state index contributed by atoms with van der Waals surface area (Å²) >= 11 is 0. The van der Waals surface area contributed by atoms with Crippen LogP contribution in [0.4, 0.5) is 11.4 Å². The Balaban J connectivity index is 1.80. The highest BCUT2D eigenvalue weighted by Crippen LogP contribution is 2.38. The monoisotopic (exact) mass is 284 g/mol. The summed E-state index contributed by atoms with van der Waals surface area (Å²) in [6.07, 6.45) is 1.97. The number of anilines is 1. The van der Waals surface area contributed by atoms with Gasteiger partial charge in [0, 0.05) is 17.8 Å². The summed E-state index contributed by atoms with van der Waals surface area (Å²) in [5.41, 5.74) is 3.49. The number of ether oxygens (including phenoxy) is 1. The van der Waals surface area contributed by atoms with Crippen LogP contribution in [0.2, 0.25) is 0 Å². The molecule has 0 spiro atoms. The van der Waals surface area contributed by atoms with E-state index in [9.17, 15) is 10.1 Å². The number of nitro groups is 1. The minimum Gasteiger partial charge on any atom is -0.496 e. The van der Waals surface area contributed by atoms with Crippen molar-refractivity contribution < 1.29 is 9.66 Å². The molecule has 5 heteroatoms. The normalized spacial score (nSPS) is 16.3. The van der Waals surface area contributed by atoms with Crippen molar-refractivity contribution in [3.63, 3.8) is 0 Å². The molecule has 0 amide bonds. The second-order valence-corrected chi connectivity index (χ2v) is 5.07. The first-order chi connectivity index (χ1) is 10.2. The highest BCUT2D eigenvalue weighted by atomic mass is 16.6. The lowest BCUT2D eigenvalue weighted by Gasteiger charge is -2.16. The van der Waals surface area contributed by atoms with E-state index in [1.54, 1.807) is 19.2 Å². The van der Waals surface area contributed by atoms with Crippen molar-refractivity contribution in [2.45, 2.75) is 18.9 Å². The minimum atomic E-state index is -0.389. The van der Waals surface area contributed by atoms with Crippen LogP contribution in [0, 0.1) is 10.1 Å². The first-order valence-electron chi connectivity index (χ1n) is 6.86. The van der Waals surface area contributed by atoms with Crippen molar-refractivity contribution in [1.29, 1.82) is 0 Å². The predicted molar refractivity (Wildman–Crippen MR) is 80.8 cm³/mol. The number of nitrogens with one attached hydrogen (secondary N) is 1. The fraction of sp³-hybridized carbons (Fsp3) is 0.250. The van der Waals surface area contributed by atoms with Crippen LogP contribution in [0.1, 0.15) is 23.6 Å². The summed E-state index contributed by atoms with van der Waals surface area (Å²) in [7, 11) is 1.69. The fourth-order valence-electron chi connectivity index (χ4n) is 2.84. The Morgan fingerprint density at radius 2 is 2.00 bits per heavy atom. The molecule has 5 nitrogen and oxygen atoms in total. The van der Waals surface area contributed by atoms with Crippen molar-refractivity contribution in [3.8, 4) is 5.75 Å². The van der Waals surface area contributed by atoms with Gasteiger partial charge >= 0.3 is 0 Å². The quantitative estimate of drug-likeness (QED) is 0.686. The fourth-order valence-corrected chi connectivity index (χ4v) is 2.84. The Hall–Kier alpha value is -2.56. The summed E-state index contributed by atoms with van der Waals surface area (Å²) in [5.74, 6) is 0.931. The smallest absolute Gasteiger partial charge is 0.269 e. The van der Waals surface area contributed by atoms with Crippen molar-refractivity contribution >= 4 is 11.4 Å². The van der Waals surface area contributed by atoms with Crippen LogP contribution in [0.25, 0.3) is 0 Å². The van der Waals surface area contributed by atoms with E-state index in [1.165, 1.54) is 23.3 Å². The van der Waals surface area contributed by atoms with Crippen molar-refractivity contribution in [1.82, 2.24) is 0 Å². The van der Waals surface area contributed by atoms with Crippen LogP contribution < -0.4 is 10.1 Å². The van der Waals surface area contributed by atoms with E-state index in [0.717, 1.165) is 24.3 Å². The number of non-ortho nitro benzene ring substituents is 1. The molecule has 1 N–H and O–H groups in total. The van der Waals surface area contributed by atoms with Gasteiger partial charge < -0.3 is 10.1 Å². The van der Waals surface area contributed by atoms with Crippen LogP contribution in [-0.2, 0) is 6.42 Å². The molecular formula is C16H16N2O3. The topological polar surface area (TPSA) is 64.4 Å². The van der Waals surface area contributed by atoms with Gasteiger partial charge in [-0.25, -0.2) is 0 Å². The maximum atomic E-state index is 10.7. The molecule has 0 aromatic heterocycles. The van der Waals surface area contributed by atoms with Crippen molar-refractivity contribution in [2.24, 2.45) is 0 Å². The Morgan fingerprint density at radius 1 is 1.24 bits per heavy atom. The second-order valence-electron chi connectivity index (χ2n) is 5.07. The zero-order valence-electron chi connectivity index (χ0n) is 11.7. The van der Waals surface area contributed by atoms with Gasteiger partial charge in [0.05, 0.1) is 18.1 Å². The summed E-state index contributed by atoms with van der Waals surface area (Å²) < 4.78 is 5.39. The lowest BCUT2D eigenvalue weighted by atomic mass is 10.1. The third-order valence-corrected chi connectivity index (χ3v) is 3.87. The van der Waals surface area contributed by atoms with Gasteiger partial charge in [-0.1, -0.05) is 12.1 Å². The van der Waals surface area contributed by atoms with Crippen LogP contribution in [0.15, 0.2) is 42.5 Å². The Morgan fingerprint density at radius 3 is 2.67 bits per heavy atom. The molecule has 108 valence electrons. The standard InChI is InChI=1S/C16H16N2O3/c1-21-16-4-2-3-13-14(16)9-10-15(13)17-11-5-7-12(8-6-11)18(19)20/h2-8,15,17H,9-10H2,1H3. The second kappa shape index (κ2) is 5.44. The van der Waals surface area contributed by atoms with Gasteiger partial charge in [-0.2, -0.15) is 0 Å². The molecule has 1 unspecified atom stereocenters. The SMILES string of the molecule is COc1cccc2c1CCC2Nc1ccc([N+](=O)[O-])cc1. The van der Waals surface area contributed by atoms with Gasteiger partial charge in [-0.15, -0.1) is 0 Å². The summed E-state index contributed by atoms with van der Waals surface area (Å²) in [6.45, 7) is 0. The van der Waals surface area contributed by atoms with E-state index in [0.29, 0.717) is 0 Å². The molecular weight excluding hydrogens is 268 g/mol. The van der Waals surface area contributed by atoms with E-state index in [4.69, 9.17) is 4.74 Å². The molecule has 0 saturated carbocycles. The highest BCUT2D eigenvalue weighted by Gasteiger charge is 2.24. The average molecular weight is 284 g/mol. The molecule has 3 rings (SSSR count). The molecule has 0 fully saturated rings. The molecule has 21 heavy (non-hydrogen) atoms. The largest absolute Gasteiger partial charge is 0.496 e. The van der Waals surface area contributed by atoms with Crippen LogP contribution in [0.3, 0.4) is 0 Å². The van der Waals surface area contributed by atoms with E-state index in [-0.39, 0.29) is 16.7 Å². The lowest BCUT2D eigenvalue weighted by Crippen LogP contribution is -2.07. The van der Waals surface area contributed by atoms with Gasteiger partial charge in [0.25, 0.3) is 5.69 Å². The van der Waals surface area contributed by atoms with E-state index < -0.39 is 0 Å². The molecule has 0 aliphatic heterocycles.